The highest BCUT2D eigenvalue weighted by atomic mass is 35.5. The van der Waals surface area contributed by atoms with Crippen LogP contribution in [0.25, 0.3) is 0 Å². The molecule has 8 heavy (non-hydrogen) atoms. The number of allylic oxidation sites excluding steroid dienone is 2. The van der Waals surface area contributed by atoms with Crippen molar-refractivity contribution in [3.8, 4) is 0 Å². The summed E-state index contributed by atoms with van der Waals surface area (Å²) in [5, 5.41) is 8.93. The Labute approximate surface area is 54.0 Å². The first-order chi connectivity index (χ1) is 3.79. The van der Waals surface area contributed by atoms with E-state index in [1.54, 1.807) is 6.08 Å². The van der Waals surface area contributed by atoms with E-state index >= 15 is 0 Å². The predicted octanol–water partition coefficient (Wildman–Crippen LogP) is 2.22. The molecule has 1 rings (SSSR count). The van der Waals surface area contributed by atoms with Gasteiger partial charge in [0.05, 0.1) is 11.1 Å². The van der Waals surface area contributed by atoms with E-state index < -0.39 is 0 Å². The van der Waals surface area contributed by atoms with Crippen molar-refractivity contribution in [2.75, 3.05) is 0 Å². The van der Waals surface area contributed by atoms with Crippen molar-refractivity contribution in [2.45, 2.75) is 24.6 Å². The van der Waals surface area contributed by atoms with Gasteiger partial charge in [-0.3, -0.25) is 0 Å². The van der Waals surface area contributed by atoms with Crippen LogP contribution in [0.5, 0.6) is 0 Å². The first-order valence-corrected chi connectivity index (χ1v) is 3.26. The Morgan fingerprint density at radius 3 is 2.88 bits per heavy atom. The normalized spacial score (nSPS) is 29.6. The Bertz CT molecular complexity index is 109. The van der Waals surface area contributed by atoms with Gasteiger partial charge < -0.3 is 5.11 Å². The zero-order valence-electron chi connectivity index (χ0n) is 4.60. The van der Waals surface area contributed by atoms with Gasteiger partial charge in [-0.2, -0.15) is 0 Å². The molecule has 0 aliphatic heterocycles. The lowest BCUT2D eigenvalue weighted by atomic mass is 10.1. The van der Waals surface area contributed by atoms with E-state index in [2.05, 4.69) is 0 Å². The van der Waals surface area contributed by atoms with Gasteiger partial charge in [-0.1, -0.05) is 0 Å². The minimum Gasteiger partial charge on any atom is -0.513 e. The number of aliphatic hydroxyl groups is 1. The van der Waals surface area contributed by atoms with E-state index in [-0.39, 0.29) is 5.38 Å². The highest BCUT2D eigenvalue weighted by molar-refractivity contribution is 6.21. The summed E-state index contributed by atoms with van der Waals surface area (Å²) in [5.41, 5.74) is 0. The fraction of sp³-hybridized carbons (Fsp3) is 0.667. The number of hydrogen-bond acceptors (Lipinski definition) is 1. The Hall–Kier alpha value is -0.170. The molecule has 0 spiro atoms. The zero-order valence-corrected chi connectivity index (χ0v) is 5.36. The molecule has 1 atom stereocenters. The molecule has 0 saturated heterocycles. The van der Waals surface area contributed by atoms with Gasteiger partial charge in [0.1, 0.15) is 0 Å². The topological polar surface area (TPSA) is 20.2 Å². The van der Waals surface area contributed by atoms with E-state index in [0.717, 1.165) is 19.3 Å². The van der Waals surface area contributed by atoms with Gasteiger partial charge in [0.25, 0.3) is 0 Å². The van der Waals surface area contributed by atoms with Crippen LogP contribution in [0.1, 0.15) is 19.3 Å². The Kier molecular flexibility index (Phi) is 1.79. The lowest BCUT2D eigenvalue weighted by Crippen LogP contribution is -2.01. The fourth-order valence-electron chi connectivity index (χ4n) is 0.854. The minimum atomic E-state index is 0.0729. The van der Waals surface area contributed by atoms with Crippen molar-refractivity contribution >= 4 is 11.6 Å². The molecule has 1 unspecified atom stereocenters. The van der Waals surface area contributed by atoms with Crippen molar-refractivity contribution in [1.82, 2.24) is 0 Å². The van der Waals surface area contributed by atoms with Gasteiger partial charge in [-0.25, -0.2) is 0 Å². The SMILES string of the molecule is OC1=CC(Cl)CCC1. The second-order valence-corrected chi connectivity index (χ2v) is 2.63. The molecule has 2 heteroatoms. The summed E-state index contributed by atoms with van der Waals surface area (Å²) in [6.45, 7) is 0. The Morgan fingerprint density at radius 1 is 1.75 bits per heavy atom. The molecule has 0 radical (unpaired) electrons. The van der Waals surface area contributed by atoms with Crippen LogP contribution in [-0.4, -0.2) is 10.5 Å². The maximum atomic E-state index is 8.86. The molecule has 0 saturated carbocycles. The summed E-state index contributed by atoms with van der Waals surface area (Å²) in [5.74, 6) is 0.455. The Morgan fingerprint density at radius 2 is 2.50 bits per heavy atom. The summed E-state index contributed by atoms with van der Waals surface area (Å²) in [7, 11) is 0. The van der Waals surface area contributed by atoms with Gasteiger partial charge in [0, 0.05) is 6.42 Å². The fourth-order valence-corrected chi connectivity index (χ4v) is 1.15. The molecule has 0 aromatic heterocycles. The van der Waals surface area contributed by atoms with Crippen LogP contribution in [-0.2, 0) is 0 Å². The largest absolute Gasteiger partial charge is 0.513 e. The van der Waals surface area contributed by atoms with Crippen molar-refractivity contribution in [1.29, 1.82) is 0 Å². The molecule has 0 amide bonds. The number of rotatable bonds is 0. The number of alkyl halides is 1. The van der Waals surface area contributed by atoms with Crippen molar-refractivity contribution in [3.63, 3.8) is 0 Å². The second-order valence-electron chi connectivity index (χ2n) is 2.07. The van der Waals surface area contributed by atoms with E-state index in [9.17, 15) is 0 Å². The quantitative estimate of drug-likeness (QED) is 0.501. The van der Waals surface area contributed by atoms with Crippen molar-refractivity contribution < 1.29 is 5.11 Å². The molecular formula is C6H9ClO. The lowest BCUT2D eigenvalue weighted by molar-refractivity contribution is 0.369. The van der Waals surface area contributed by atoms with Crippen LogP contribution in [0.2, 0.25) is 0 Å². The first kappa shape index (κ1) is 5.96. The minimum absolute atomic E-state index is 0.0729. The summed E-state index contributed by atoms with van der Waals surface area (Å²) in [4.78, 5) is 0. The highest BCUT2D eigenvalue weighted by Crippen LogP contribution is 2.19. The molecule has 0 aromatic rings. The highest BCUT2D eigenvalue weighted by Gasteiger charge is 2.08. The average Bonchev–Trinajstić information content (AvgIpc) is 1.64. The Balaban J connectivity index is 2.50. The lowest BCUT2D eigenvalue weighted by Gasteiger charge is -2.10. The van der Waals surface area contributed by atoms with Crippen LogP contribution in [0.3, 0.4) is 0 Å². The third-order valence-corrected chi connectivity index (χ3v) is 1.63. The standard InChI is InChI=1S/C6H9ClO/c7-5-2-1-3-6(8)4-5/h4-5,8H,1-3H2. The molecule has 1 N–H and O–H groups in total. The predicted molar refractivity (Wildman–Crippen MR) is 34.2 cm³/mol. The average molecular weight is 133 g/mol. The molecule has 0 aromatic carbocycles. The molecule has 0 heterocycles. The number of halogens is 1. The summed E-state index contributed by atoms with van der Waals surface area (Å²) in [6.07, 6.45) is 4.55. The molecular weight excluding hydrogens is 124 g/mol. The van der Waals surface area contributed by atoms with Gasteiger partial charge in [-0.15, -0.1) is 11.6 Å². The van der Waals surface area contributed by atoms with E-state index in [0.29, 0.717) is 5.76 Å². The monoisotopic (exact) mass is 132 g/mol. The van der Waals surface area contributed by atoms with E-state index in [1.807, 2.05) is 0 Å². The van der Waals surface area contributed by atoms with E-state index in [4.69, 9.17) is 16.7 Å². The third-order valence-electron chi connectivity index (χ3n) is 1.29. The third kappa shape index (κ3) is 1.41. The van der Waals surface area contributed by atoms with Crippen LogP contribution in [0, 0.1) is 0 Å². The van der Waals surface area contributed by atoms with Crippen LogP contribution >= 0.6 is 11.6 Å². The van der Waals surface area contributed by atoms with Crippen LogP contribution in [0.15, 0.2) is 11.8 Å². The maximum Gasteiger partial charge on any atom is 0.0897 e. The van der Waals surface area contributed by atoms with Gasteiger partial charge >= 0.3 is 0 Å². The molecule has 0 fully saturated rings. The molecule has 0 bridgehead atoms. The smallest absolute Gasteiger partial charge is 0.0897 e. The molecule has 1 nitrogen and oxygen atoms in total. The first-order valence-electron chi connectivity index (χ1n) is 2.83. The van der Waals surface area contributed by atoms with Crippen LogP contribution in [0.4, 0.5) is 0 Å². The molecule has 1 aliphatic carbocycles. The van der Waals surface area contributed by atoms with Gasteiger partial charge in [0.15, 0.2) is 0 Å². The summed E-state index contributed by atoms with van der Waals surface area (Å²) in [6, 6.07) is 0. The zero-order chi connectivity index (χ0) is 5.98. The van der Waals surface area contributed by atoms with E-state index in [1.165, 1.54) is 0 Å². The molecule has 1 aliphatic rings. The number of aliphatic hydroxyl groups excluding tert-OH is 1. The van der Waals surface area contributed by atoms with Crippen molar-refractivity contribution in [2.24, 2.45) is 0 Å². The summed E-state index contributed by atoms with van der Waals surface area (Å²) >= 11 is 5.68. The van der Waals surface area contributed by atoms with Gasteiger partial charge in [-0.05, 0) is 18.9 Å². The molecule has 46 valence electrons. The van der Waals surface area contributed by atoms with Crippen molar-refractivity contribution in [3.05, 3.63) is 11.8 Å². The van der Waals surface area contributed by atoms with Crippen LogP contribution < -0.4 is 0 Å². The van der Waals surface area contributed by atoms with Gasteiger partial charge in [0.2, 0.25) is 0 Å². The maximum absolute atomic E-state index is 8.86. The summed E-state index contributed by atoms with van der Waals surface area (Å²) < 4.78 is 0. The second kappa shape index (κ2) is 2.40. The number of hydrogen-bond donors (Lipinski definition) is 1.